The molecule has 0 aliphatic carbocycles. The second kappa shape index (κ2) is 6.61. The third-order valence-electron chi connectivity index (χ3n) is 2.64. The van der Waals surface area contributed by atoms with E-state index in [1.54, 1.807) is 6.07 Å². The van der Waals surface area contributed by atoms with Crippen molar-refractivity contribution in [3.63, 3.8) is 0 Å². The molecule has 1 heterocycles. The second-order valence-electron chi connectivity index (χ2n) is 4.45. The fourth-order valence-corrected chi connectivity index (χ4v) is 2.88. The van der Waals surface area contributed by atoms with Crippen LogP contribution in [0, 0.1) is 11.3 Å². The molecule has 0 bridgehead atoms. The Balaban J connectivity index is 2.89. The molecule has 1 aromatic heterocycles. The Kier molecular flexibility index (Phi) is 5.42. The monoisotopic (exact) mass is 282 g/mol. The lowest BCUT2D eigenvalue weighted by molar-refractivity contribution is 0.370. The van der Waals surface area contributed by atoms with E-state index >= 15 is 0 Å². The summed E-state index contributed by atoms with van der Waals surface area (Å²) >= 11 is 0. The van der Waals surface area contributed by atoms with Gasteiger partial charge in [0.15, 0.2) is 5.69 Å². The Morgan fingerprint density at radius 2 is 2.00 bits per heavy atom. The first kappa shape index (κ1) is 15.6. The lowest BCUT2D eigenvalue weighted by atomic mass is 10.4. The van der Waals surface area contributed by atoms with Gasteiger partial charge in [0.25, 0.3) is 0 Å². The van der Waals surface area contributed by atoms with Crippen LogP contribution >= 0.6 is 0 Å². The van der Waals surface area contributed by atoms with Crippen LogP contribution in [0.2, 0.25) is 0 Å². The number of pyridine rings is 1. The first-order valence-corrected chi connectivity index (χ1v) is 7.29. The van der Waals surface area contributed by atoms with Crippen LogP contribution in [0.3, 0.4) is 0 Å². The molecule has 1 aromatic rings. The van der Waals surface area contributed by atoms with Crippen LogP contribution in [0.1, 0.15) is 12.1 Å². The van der Waals surface area contributed by atoms with Gasteiger partial charge >= 0.3 is 0 Å². The summed E-state index contributed by atoms with van der Waals surface area (Å²) in [6.07, 6.45) is 2.13. The van der Waals surface area contributed by atoms with Crippen molar-refractivity contribution >= 4 is 10.0 Å². The van der Waals surface area contributed by atoms with Gasteiger partial charge in [0, 0.05) is 19.8 Å². The number of hydrogen-bond donors (Lipinski definition) is 0. The Labute approximate surface area is 114 Å². The highest BCUT2D eigenvalue weighted by Gasteiger charge is 2.24. The molecule has 0 fully saturated rings. The van der Waals surface area contributed by atoms with Crippen molar-refractivity contribution in [2.75, 3.05) is 34.2 Å². The molecule has 0 N–H and O–H groups in total. The van der Waals surface area contributed by atoms with Gasteiger partial charge in [-0.15, -0.1) is 0 Å². The highest BCUT2D eigenvalue weighted by molar-refractivity contribution is 7.89. The van der Waals surface area contributed by atoms with Crippen molar-refractivity contribution in [2.45, 2.75) is 11.3 Å². The summed E-state index contributed by atoms with van der Waals surface area (Å²) in [6, 6.07) is 4.73. The van der Waals surface area contributed by atoms with Crippen LogP contribution < -0.4 is 0 Å². The maximum atomic E-state index is 12.3. The zero-order valence-corrected chi connectivity index (χ0v) is 12.2. The summed E-state index contributed by atoms with van der Waals surface area (Å²) in [7, 11) is 1.73. The Morgan fingerprint density at radius 3 is 2.58 bits per heavy atom. The molecular weight excluding hydrogens is 264 g/mol. The van der Waals surface area contributed by atoms with E-state index in [0.29, 0.717) is 6.54 Å². The van der Waals surface area contributed by atoms with Crippen LogP contribution in [0.15, 0.2) is 23.2 Å². The average molecular weight is 282 g/mol. The molecular formula is C12H18N4O2S. The molecule has 19 heavy (non-hydrogen) atoms. The van der Waals surface area contributed by atoms with Crippen molar-refractivity contribution < 1.29 is 8.42 Å². The van der Waals surface area contributed by atoms with Gasteiger partial charge < -0.3 is 4.90 Å². The molecule has 0 unspecified atom stereocenters. The number of hydrogen-bond acceptors (Lipinski definition) is 5. The predicted octanol–water partition coefficient (Wildman–Crippen LogP) is 0.525. The van der Waals surface area contributed by atoms with Gasteiger partial charge in [-0.1, -0.05) is 0 Å². The van der Waals surface area contributed by atoms with Gasteiger partial charge in [-0.05, 0) is 39.2 Å². The number of aromatic nitrogens is 1. The Hall–Kier alpha value is -1.49. The normalized spacial score (nSPS) is 11.8. The van der Waals surface area contributed by atoms with Gasteiger partial charge in [-0.2, -0.15) is 5.26 Å². The summed E-state index contributed by atoms with van der Waals surface area (Å²) in [4.78, 5) is 5.73. The van der Waals surface area contributed by atoms with E-state index in [-0.39, 0.29) is 10.6 Å². The molecule has 7 heteroatoms. The minimum atomic E-state index is -3.65. The van der Waals surface area contributed by atoms with Gasteiger partial charge in [0.1, 0.15) is 11.0 Å². The third-order valence-corrected chi connectivity index (χ3v) is 4.53. The molecule has 0 aliphatic heterocycles. The minimum absolute atomic E-state index is 0.0372. The van der Waals surface area contributed by atoms with Crippen LogP contribution in [0.25, 0.3) is 0 Å². The SMILES string of the molecule is CN(C)CCCN(C)S(=O)(=O)c1cccnc1C#N. The van der Waals surface area contributed by atoms with Crippen LogP contribution in [-0.2, 0) is 10.0 Å². The number of rotatable bonds is 6. The summed E-state index contributed by atoms with van der Waals surface area (Å²) in [5.41, 5.74) is -0.0676. The van der Waals surface area contributed by atoms with Crippen molar-refractivity contribution in [3.8, 4) is 6.07 Å². The van der Waals surface area contributed by atoms with Crippen LogP contribution in [-0.4, -0.2) is 56.8 Å². The molecule has 104 valence electrons. The van der Waals surface area contributed by atoms with E-state index in [4.69, 9.17) is 5.26 Å². The molecule has 0 aliphatic rings. The largest absolute Gasteiger partial charge is 0.309 e. The molecule has 0 radical (unpaired) electrons. The van der Waals surface area contributed by atoms with E-state index in [1.807, 2.05) is 19.0 Å². The summed E-state index contributed by atoms with van der Waals surface area (Å²) < 4.78 is 25.9. The number of nitriles is 1. The fourth-order valence-electron chi connectivity index (χ4n) is 1.58. The number of nitrogens with zero attached hydrogens (tertiary/aromatic N) is 4. The van der Waals surface area contributed by atoms with Crippen LogP contribution in [0.5, 0.6) is 0 Å². The first-order valence-electron chi connectivity index (χ1n) is 5.85. The standard InChI is InChI=1S/C12H18N4O2S/c1-15(2)8-5-9-16(3)19(17,18)12-6-4-7-14-11(12)10-13/h4,6-7H,5,8-9H2,1-3H3. The molecule has 0 saturated heterocycles. The van der Waals surface area contributed by atoms with E-state index in [2.05, 4.69) is 4.98 Å². The highest BCUT2D eigenvalue weighted by Crippen LogP contribution is 2.16. The third kappa shape index (κ3) is 3.99. The zero-order valence-electron chi connectivity index (χ0n) is 11.4. The van der Waals surface area contributed by atoms with E-state index in [9.17, 15) is 8.42 Å². The van der Waals surface area contributed by atoms with E-state index in [0.717, 1.165) is 13.0 Å². The molecule has 1 rings (SSSR count). The first-order chi connectivity index (χ1) is 8.89. The minimum Gasteiger partial charge on any atom is -0.309 e. The molecule has 6 nitrogen and oxygen atoms in total. The van der Waals surface area contributed by atoms with Crippen LogP contribution in [0.4, 0.5) is 0 Å². The van der Waals surface area contributed by atoms with Gasteiger partial charge in [-0.3, -0.25) is 0 Å². The maximum absolute atomic E-state index is 12.3. The van der Waals surface area contributed by atoms with Crippen molar-refractivity contribution in [3.05, 3.63) is 24.0 Å². The second-order valence-corrected chi connectivity index (χ2v) is 6.46. The van der Waals surface area contributed by atoms with Gasteiger partial charge in [-0.25, -0.2) is 17.7 Å². The molecule has 0 saturated carbocycles. The average Bonchev–Trinajstić information content (AvgIpc) is 2.38. The fraction of sp³-hybridized carbons (Fsp3) is 0.500. The summed E-state index contributed by atoms with van der Waals surface area (Å²) in [5.74, 6) is 0. The molecule has 0 amide bonds. The molecule has 0 aromatic carbocycles. The molecule has 0 atom stereocenters. The van der Waals surface area contributed by atoms with Crippen molar-refractivity contribution in [2.24, 2.45) is 0 Å². The van der Waals surface area contributed by atoms with E-state index < -0.39 is 10.0 Å². The van der Waals surface area contributed by atoms with Gasteiger partial charge in [0.05, 0.1) is 0 Å². The van der Waals surface area contributed by atoms with Crippen molar-refractivity contribution in [1.29, 1.82) is 5.26 Å². The highest BCUT2D eigenvalue weighted by atomic mass is 32.2. The quantitative estimate of drug-likeness (QED) is 0.760. The van der Waals surface area contributed by atoms with Crippen molar-refractivity contribution in [1.82, 2.24) is 14.2 Å². The summed E-state index contributed by atoms with van der Waals surface area (Å²) in [5, 5.41) is 8.91. The predicted molar refractivity (Wildman–Crippen MR) is 71.9 cm³/mol. The summed E-state index contributed by atoms with van der Waals surface area (Å²) in [6.45, 7) is 1.21. The number of sulfonamides is 1. The zero-order chi connectivity index (χ0) is 14.5. The Bertz CT molecular complexity index is 563. The smallest absolute Gasteiger partial charge is 0.245 e. The van der Waals surface area contributed by atoms with E-state index in [1.165, 1.54) is 29.7 Å². The topological polar surface area (TPSA) is 77.3 Å². The van der Waals surface area contributed by atoms with Gasteiger partial charge in [0.2, 0.25) is 10.0 Å². The lowest BCUT2D eigenvalue weighted by Gasteiger charge is -2.18. The Morgan fingerprint density at radius 1 is 1.32 bits per heavy atom. The molecule has 0 spiro atoms. The maximum Gasteiger partial charge on any atom is 0.245 e. The lowest BCUT2D eigenvalue weighted by Crippen LogP contribution is -2.30.